The van der Waals surface area contributed by atoms with Gasteiger partial charge in [0.05, 0.1) is 31.2 Å². The first-order valence-corrected chi connectivity index (χ1v) is 25.9. The zero-order valence-electron chi connectivity index (χ0n) is 39.5. The lowest BCUT2D eigenvalue weighted by Gasteiger charge is -2.16. The molecule has 0 saturated heterocycles. The summed E-state index contributed by atoms with van der Waals surface area (Å²) in [5.74, 6) is 0.391. The highest BCUT2D eigenvalue weighted by atomic mass is 16.5. The predicted octanol–water partition coefficient (Wildman–Crippen LogP) is 17.0. The fraction of sp³-hybridized carbons (Fsp3) is 0.962. The molecule has 0 aliphatic rings. The smallest absolute Gasteiger partial charge is 0.308 e. The second-order valence-electron chi connectivity index (χ2n) is 17.9. The molecule has 2 unspecified atom stereocenters. The Bertz CT molecular complexity index is 750. The maximum atomic E-state index is 12.9. The molecular weight excluding hydrogens is 705 g/mol. The number of carbonyl (C=O) groups excluding carboxylic acids is 2. The van der Waals surface area contributed by atoms with Gasteiger partial charge in [-0.05, 0) is 51.4 Å². The number of ether oxygens (including phenoxy) is 3. The van der Waals surface area contributed by atoms with Crippen molar-refractivity contribution in [2.24, 2.45) is 11.8 Å². The minimum Gasteiger partial charge on any atom is -0.465 e. The number of hydrogen-bond donors (Lipinski definition) is 0. The van der Waals surface area contributed by atoms with E-state index in [1.54, 1.807) is 0 Å². The summed E-state index contributed by atoms with van der Waals surface area (Å²) >= 11 is 0. The van der Waals surface area contributed by atoms with E-state index in [2.05, 4.69) is 27.7 Å². The monoisotopic (exact) mass is 807 g/mol. The first-order valence-electron chi connectivity index (χ1n) is 25.9. The van der Waals surface area contributed by atoms with E-state index in [0.717, 1.165) is 51.4 Å². The van der Waals surface area contributed by atoms with E-state index in [4.69, 9.17) is 14.2 Å². The Balaban J connectivity index is 3.90. The van der Waals surface area contributed by atoms with E-state index in [9.17, 15) is 9.59 Å². The van der Waals surface area contributed by atoms with Crippen molar-refractivity contribution in [1.29, 1.82) is 0 Å². The maximum Gasteiger partial charge on any atom is 0.308 e. The average molecular weight is 807 g/mol. The SMILES string of the molecule is CCCCCCCCC(CCCCCC)C(=O)OCCCCCCCCCC(CCCCCCCCCOC(=O)C(CCCCCC)CCCCCCCC)OC. The van der Waals surface area contributed by atoms with Crippen LogP contribution in [0, 0.1) is 11.8 Å². The molecule has 0 aliphatic heterocycles. The third kappa shape index (κ3) is 38.8. The molecule has 0 aliphatic carbocycles. The summed E-state index contributed by atoms with van der Waals surface area (Å²) in [4.78, 5) is 25.8. The Morgan fingerprint density at radius 2 is 0.544 bits per heavy atom. The third-order valence-electron chi connectivity index (χ3n) is 12.5. The maximum absolute atomic E-state index is 12.9. The third-order valence-corrected chi connectivity index (χ3v) is 12.5. The van der Waals surface area contributed by atoms with Crippen LogP contribution in [0.4, 0.5) is 0 Å². The summed E-state index contributed by atoms with van der Waals surface area (Å²) in [5.41, 5.74) is 0. The van der Waals surface area contributed by atoms with Crippen molar-refractivity contribution in [2.45, 2.75) is 291 Å². The second kappa shape index (κ2) is 46.0. The average Bonchev–Trinajstić information content (AvgIpc) is 3.22. The van der Waals surface area contributed by atoms with Crippen LogP contribution >= 0.6 is 0 Å². The first-order chi connectivity index (χ1) is 28.0. The van der Waals surface area contributed by atoms with Gasteiger partial charge in [-0.2, -0.15) is 0 Å². The van der Waals surface area contributed by atoms with E-state index in [1.807, 2.05) is 7.11 Å². The summed E-state index contributed by atoms with van der Waals surface area (Å²) in [6.45, 7) is 10.2. The van der Waals surface area contributed by atoms with Gasteiger partial charge >= 0.3 is 11.9 Å². The molecule has 5 nitrogen and oxygen atoms in total. The van der Waals surface area contributed by atoms with Gasteiger partial charge in [0.15, 0.2) is 0 Å². The molecule has 0 rings (SSSR count). The van der Waals surface area contributed by atoms with Crippen molar-refractivity contribution in [3.8, 4) is 0 Å². The second-order valence-corrected chi connectivity index (χ2v) is 17.9. The number of hydrogen-bond acceptors (Lipinski definition) is 5. The van der Waals surface area contributed by atoms with Crippen molar-refractivity contribution in [2.75, 3.05) is 20.3 Å². The summed E-state index contributed by atoms with van der Waals surface area (Å²) < 4.78 is 17.4. The van der Waals surface area contributed by atoms with E-state index in [0.29, 0.717) is 19.3 Å². The molecule has 340 valence electrons. The number of rotatable bonds is 47. The summed E-state index contributed by atoms with van der Waals surface area (Å²) in [7, 11) is 1.89. The van der Waals surface area contributed by atoms with E-state index in [-0.39, 0.29) is 23.8 Å². The van der Waals surface area contributed by atoms with Gasteiger partial charge in [-0.25, -0.2) is 0 Å². The van der Waals surface area contributed by atoms with Crippen molar-refractivity contribution >= 4 is 11.9 Å². The van der Waals surface area contributed by atoms with Gasteiger partial charge in [0, 0.05) is 7.11 Å². The normalized spacial score (nSPS) is 13.1. The zero-order chi connectivity index (χ0) is 41.7. The van der Waals surface area contributed by atoms with Crippen LogP contribution in [-0.2, 0) is 23.8 Å². The molecule has 0 spiro atoms. The Morgan fingerprint density at radius 3 is 0.825 bits per heavy atom. The molecule has 0 aromatic rings. The molecule has 5 heteroatoms. The Labute approximate surface area is 357 Å². The summed E-state index contributed by atoms with van der Waals surface area (Å²) in [6, 6.07) is 0. The van der Waals surface area contributed by atoms with E-state index < -0.39 is 0 Å². The number of methoxy groups -OCH3 is 1. The van der Waals surface area contributed by atoms with Gasteiger partial charge in [-0.3, -0.25) is 9.59 Å². The van der Waals surface area contributed by atoms with E-state index in [1.165, 1.54) is 205 Å². The molecule has 0 heterocycles. The highest BCUT2D eigenvalue weighted by Gasteiger charge is 2.20. The van der Waals surface area contributed by atoms with Gasteiger partial charge < -0.3 is 14.2 Å². The van der Waals surface area contributed by atoms with Crippen LogP contribution in [-0.4, -0.2) is 38.4 Å². The van der Waals surface area contributed by atoms with Crippen molar-refractivity contribution in [3.63, 3.8) is 0 Å². The van der Waals surface area contributed by atoms with Gasteiger partial charge in [0.1, 0.15) is 0 Å². The fourth-order valence-corrected chi connectivity index (χ4v) is 8.41. The Morgan fingerprint density at radius 1 is 0.316 bits per heavy atom. The molecular formula is C52H102O5. The highest BCUT2D eigenvalue weighted by molar-refractivity contribution is 5.72. The Hall–Kier alpha value is -1.10. The van der Waals surface area contributed by atoms with Gasteiger partial charge in [0.25, 0.3) is 0 Å². The van der Waals surface area contributed by atoms with Crippen LogP contribution in [0.15, 0.2) is 0 Å². The predicted molar refractivity (Wildman–Crippen MR) is 247 cm³/mol. The lowest BCUT2D eigenvalue weighted by Crippen LogP contribution is -2.18. The van der Waals surface area contributed by atoms with Crippen LogP contribution in [0.2, 0.25) is 0 Å². The van der Waals surface area contributed by atoms with Crippen molar-refractivity contribution < 1.29 is 23.8 Å². The molecule has 0 N–H and O–H groups in total. The molecule has 0 radical (unpaired) electrons. The quantitative estimate of drug-likeness (QED) is 0.0453. The number of carbonyl (C=O) groups is 2. The van der Waals surface area contributed by atoms with Crippen molar-refractivity contribution in [3.05, 3.63) is 0 Å². The molecule has 0 aromatic carbocycles. The standard InChI is InChI=1S/C52H102O5/c1-6-10-14-18-26-34-42-48(40-32-16-12-8-3)51(53)56-46-38-30-24-20-22-28-36-44-50(55-5)45-37-29-23-21-25-31-39-47-57-52(54)49(41-33-17-13-9-4)43-35-27-19-15-11-7-2/h48-50H,6-47H2,1-5H3. The van der Waals surface area contributed by atoms with Crippen LogP contribution in [0.5, 0.6) is 0 Å². The first kappa shape index (κ1) is 55.9. The number of unbranched alkanes of at least 4 members (excludes halogenated alkanes) is 28. The molecule has 0 amide bonds. The lowest BCUT2D eigenvalue weighted by molar-refractivity contribution is -0.150. The minimum atomic E-state index is 0.0779. The molecule has 2 atom stereocenters. The lowest BCUT2D eigenvalue weighted by atomic mass is 9.94. The van der Waals surface area contributed by atoms with Crippen molar-refractivity contribution in [1.82, 2.24) is 0 Å². The van der Waals surface area contributed by atoms with Gasteiger partial charge in [-0.1, -0.05) is 233 Å². The summed E-state index contributed by atoms with van der Waals surface area (Å²) in [5, 5.41) is 0. The van der Waals surface area contributed by atoms with Crippen LogP contribution in [0.25, 0.3) is 0 Å². The zero-order valence-corrected chi connectivity index (χ0v) is 39.5. The molecule has 0 saturated carbocycles. The van der Waals surface area contributed by atoms with Crippen LogP contribution in [0.1, 0.15) is 285 Å². The minimum absolute atomic E-state index is 0.0779. The van der Waals surface area contributed by atoms with Gasteiger partial charge in [-0.15, -0.1) is 0 Å². The van der Waals surface area contributed by atoms with E-state index >= 15 is 0 Å². The van der Waals surface area contributed by atoms with Crippen LogP contribution in [0.3, 0.4) is 0 Å². The topological polar surface area (TPSA) is 61.8 Å². The fourth-order valence-electron chi connectivity index (χ4n) is 8.41. The summed E-state index contributed by atoms with van der Waals surface area (Å²) in [6.07, 6.45) is 49.1. The molecule has 0 aromatic heterocycles. The molecule has 0 bridgehead atoms. The van der Waals surface area contributed by atoms with Crippen LogP contribution < -0.4 is 0 Å². The number of esters is 2. The van der Waals surface area contributed by atoms with Gasteiger partial charge in [0.2, 0.25) is 0 Å². The molecule has 0 fully saturated rings. The molecule has 57 heavy (non-hydrogen) atoms. The largest absolute Gasteiger partial charge is 0.465 e. The highest BCUT2D eigenvalue weighted by Crippen LogP contribution is 2.23. The Kier molecular flexibility index (Phi) is 45.1.